The number of rotatable bonds is 7. The zero-order valence-electron chi connectivity index (χ0n) is 18.9. The lowest BCUT2D eigenvalue weighted by molar-refractivity contribution is -0.142. The van der Waals surface area contributed by atoms with Gasteiger partial charge >= 0.3 is 5.97 Å². The average Bonchev–Trinajstić information content (AvgIpc) is 3.04. The number of nitrogens with zero attached hydrogens (tertiary/aromatic N) is 4. The highest BCUT2D eigenvalue weighted by Gasteiger charge is 2.31. The van der Waals surface area contributed by atoms with Crippen LogP contribution in [0.2, 0.25) is 0 Å². The second-order valence-electron chi connectivity index (χ2n) is 8.05. The topological polar surface area (TPSA) is 102 Å². The molecule has 9 heteroatoms. The number of aromatic nitrogens is 2. The second-order valence-corrected chi connectivity index (χ2v) is 8.05. The molecule has 1 aromatic carbocycles. The van der Waals surface area contributed by atoms with Crippen LogP contribution in [0, 0.1) is 0 Å². The molecule has 1 unspecified atom stereocenters. The summed E-state index contributed by atoms with van der Waals surface area (Å²) in [5, 5.41) is 0.847. The van der Waals surface area contributed by atoms with Crippen LogP contribution in [0.3, 0.4) is 0 Å². The summed E-state index contributed by atoms with van der Waals surface area (Å²) in [4.78, 5) is 49.4. The van der Waals surface area contributed by atoms with Crippen LogP contribution in [0.15, 0.2) is 61.1 Å². The SMILES string of the molecule is COC(=O)CCN1CC(OCc2ccncc2)CN(C(=O)c2ccc3ncccc3c2)CC1=O. The first-order valence-corrected chi connectivity index (χ1v) is 11.0. The summed E-state index contributed by atoms with van der Waals surface area (Å²) in [6.45, 7) is 0.933. The van der Waals surface area contributed by atoms with Gasteiger partial charge in [-0.25, -0.2) is 0 Å². The molecule has 0 spiro atoms. The molecule has 0 N–H and O–H groups in total. The van der Waals surface area contributed by atoms with E-state index in [2.05, 4.69) is 9.97 Å². The Bertz CT molecular complexity index is 1170. The van der Waals surface area contributed by atoms with Crippen LogP contribution in [0.1, 0.15) is 22.3 Å². The molecule has 176 valence electrons. The summed E-state index contributed by atoms with van der Waals surface area (Å²) >= 11 is 0. The summed E-state index contributed by atoms with van der Waals surface area (Å²) < 4.78 is 10.8. The fourth-order valence-electron chi connectivity index (χ4n) is 3.87. The quantitative estimate of drug-likeness (QED) is 0.495. The molecule has 3 heterocycles. The van der Waals surface area contributed by atoms with Gasteiger partial charge in [-0.2, -0.15) is 0 Å². The average molecular weight is 463 g/mol. The highest BCUT2D eigenvalue weighted by Crippen LogP contribution is 2.18. The predicted molar refractivity (Wildman–Crippen MR) is 124 cm³/mol. The minimum Gasteiger partial charge on any atom is -0.469 e. The van der Waals surface area contributed by atoms with E-state index in [1.54, 1.807) is 41.7 Å². The maximum Gasteiger partial charge on any atom is 0.307 e. The van der Waals surface area contributed by atoms with Gasteiger partial charge in [0, 0.05) is 49.2 Å². The number of methoxy groups -OCH3 is 1. The Labute approximate surface area is 197 Å². The molecule has 1 saturated heterocycles. The van der Waals surface area contributed by atoms with E-state index in [0.29, 0.717) is 12.2 Å². The highest BCUT2D eigenvalue weighted by molar-refractivity contribution is 5.99. The number of amides is 2. The van der Waals surface area contributed by atoms with Crippen molar-refractivity contribution >= 4 is 28.7 Å². The number of hydrogen-bond donors (Lipinski definition) is 0. The maximum atomic E-state index is 13.4. The van der Waals surface area contributed by atoms with Crippen LogP contribution in [0.25, 0.3) is 10.9 Å². The van der Waals surface area contributed by atoms with Gasteiger partial charge in [0.2, 0.25) is 5.91 Å². The summed E-state index contributed by atoms with van der Waals surface area (Å²) in [6, 6.07) is 12.7. The predicted octanol–water partition coefficient (Wildman–Crippen LogP) is 2.06. The van der Waals surface area contributed by atoms with Gasteiger partial charge in [0.25, 0.3) is 5.91 Å². The Morgan fingerprint density at radius 2 is 1.91 bits per heavy atom. The molecule has 1 aliphatic rings. The number of benzene rings is 1. The Hall–Kier alpha value is -3.85. The number of hydrogen-bond acceptors (Lipinski definition) is 7. The van der Waals surface area contributed by atoms with E-state index in [9.17, 15) is 14.4 Å². The molecule has 0 radical (unpaired) electrons. The van der Waals surface area contributed by atoms with Crippen LogP contribution in [-0.4, -0.2) is 76.9 Å². The van der Waals surface area contributed by atoms with Gasteiger partial charge in [0.1, 0.15) is 6.54 Å². The molecular weight excluding hydrogens is 436 g/mol. The largest absolute Gasteiger partial charge is 0.469 e. The molecule has 9 nitrogen and oxygen atoms in total. The Balaban J connectivity index is 1.53. The molecule has 0 saturated carbocycles. The van der Waals surface area contributed by atoms with Crippen molar-refractivity contribution < 1.29 is 23.9 Å². The summed E-state index contributed by atoms with van der Waals surface area (Å²) in [5.74, 6) is -0.898. The molecule has 34 heavy (non-hydrogen) atoms. The normalized spacial score (nSPS) is 16.4. The lowest BCUT2D eigenvalue weighted by Crippen LogP contribution is -2.40. The van der Waals surface area contributed by atoms with E-state index in [4.69, 9.17) is 9.47 Å². The Morgan fingerprint density at radius 1 is 1.09 bits per heavy atom. The van der Waals surface area contributed by atoms with Crippen molar-refractivity contribution in [3.63, 3.8) is 0 Å². The van der Waals surface area contributed by atoms with Crippen LogP contribution < -0.4 is 0 Å². The van der Waals surface area contributed by atoms with Crippen molar-refractivity contribution in [2.24, 2.45) is 0 Å². The lowest BCUT2D eigenvalue weighted by Gasteiger charge is -2.24. The Kier molecular flexibility index (Phi) is 7.44. The molecule has 1 atom stereocenters. The van der Waals surface area contributed by atoms with Gasteiger partial charge < -0.3 is 19.3 Å². The monoisotopic (exact) mass is 462 g/mol. The van der Waals surface area contributed by atoms with Gasteiger partial charge in [0.15, 0.2) is 0 Å². The van der Waals surface area contributed by atoms with E-state index >= 15 is 0 Å². The first kappa shape index (κ1) is 23.3. The van der Waals surface area contributed by atoms with Crippen LogP contribution in [-0.2, 0) is 25.7 Å². The smallest absolute Gasteiger partial charge is 0.307 e. The number of carbonyl (C=O) groups is 3. The van der Waals surface area contributed by atoms with Crippen molar-refractivity contribution in [2.45, 2.75) is 19.1 Å². The van der Waals surface area contributed by atoms with E-state index in [1.807, 2.05) is 24.3 Å². The van der Waals surface area contributed by atoms with Gasteiger partial charge in [-0.15, -0.1) is 0 Å². The minimum absolute atomic E-state index is 0.0743. The van der Waals surface area contributed by atoms with E-state index in [1.165, 1.54) is 12.0 Å². The van der Waals surface area contributed by atoms with Gasteiger partial charge in [-0.05, 0) is 42.0 Å². The zero-order valence-corrected chi connectivity index (χ0v) is 18.9. The van der Waals surface area contributed by atoms with Crippen molar-refractivity contribution in [1.82, 2.24) is 19.8 Å². The Morgan fingerprint density at radius 3 is 2.71 bits per heavy atom. The summed E-state index contributed by atoms with van der Waals surface area (Å²) in [7, 11) is 1.31. The van der Waals surface area contributed by atoms with E-state index in [0.717, 1.165) is 16.5 Å². The molecular formula is C25H26N4O5. The van der Waals surface area contributed by atoms with Crippen LogP contribution >= 0.6 is 0 Å². The third-order valence-electron chi connectivity index (χ3n) is 5.71. The molecule has 0 bridgehead atoms. The summed E-state index contributed by atoms with van der Waals surface area (Å²) in [5.41, 5.74) is 2.20. The standard InChI is InChI=1S/C25H26N4O5/c1-33-24(31)8-12-28-14-21(34-17-18-6-10-26-11-7-18)15-29(16-23(28)30)25(32)20-4-5-22-19(13-20)3-2-9-27-22/h2-7,9-11,13,21H,8,12,14-17H2,1H3. The molecule has 3 aromatic rings. The number of carbonyl (C=O) groups excluding carboxylic acids is 3. The van der Waals surface area contributed by atoms with Crippen LogP contribution in [0.5, 0.6) is 0 Å². The maximum absolute atomic E-state index is 13.4. The summed E-state index contributed by atoms with van der Waals surface area (Å²) in [6.07, 6.45) is 4.71. The minimum atomic E-state index is -0.427. The molecule has 2 aromatic heterocycles. The second kappa shape index (κ2) is 10.8. The van der Waals surface area contributed by atoms with Gasteiger partial charge in [-0.3, -0.25) is 24.4 Å². The fraction of sp³-hybridized carbons (Fsp3) is 0.320. The van der Waals surface area contributed by atoms with Crippen molar-refractivity contribution in [3.8, 4) is 0 Å². The third-order valence-corrected chi connectivity index (χ3v) is 5.71. The van der Waals surface area contributed by atoms with Crippen molar-refractivity contribution in [1.29, 1.82) is 0 Å². The molecule has 2 amide bonds. The first-order valence-electron chi connectivity index (χ1n) is 11.0. The number of fused-ring (bicyclic) bond motifs is 1. The highest BCUT2D eigenvalue weighted by atomic mass is 16.5. The van der Waals surface area contributed by atoms with Crippen LogP contribution in [0.4, 0.5) is 0 Å². The third kappa shape index (κ3) is 5.74. The van der Waals surface area contributed by atoms with Crippen molar-refractivity contribution in [3.05, 3.63) is 72.2 Å². The van der Waals surface area contributed by atoms with Crippen molar-refractivity contribution in [2.75, 3.05) is 33.3 Å². The lowest BCUT2D eigenvalue weighted by atomic mass is 10.1. The van der Waals surface area contributed by atoms with E-state index in [-0.39, 0.29) is 44.4 Å². The first-order chi connectivity index (χ1) is 16.5. The molecule has 4 rings (SSSR count). The molecule has 1 aliphatic heterocycles. The molecule has 0 aliphatic carbocycles. The fourth-order valence-corrected chi connectivity index (χ4v) is 3.87. The zero-order chi connectivity index (χ0) is 23.9. The number of pyridine rings is 2. The number of ether oxygens (including phenoxy) is 2. The van der Waals surface area contributed by atoms with Gasteiger partial charge in [0.05, 0.1) is 31.8 Å². The molecule has 1 fully saturated rings. The number of esters is 1. The van der Waals surface area contributed by atoms with Gasteiger partial charge in [-0.1, -0.05) is 6.07 Å². The van der Waals surface area contributed by atoms with E-state index < -0.39 is 12.1 Å².